The molecule has 112 valence electrons. The van der Waals surface area contributed by atoms with Crippen LogP contribution in [0, 0.1) is 5.41 Å². The molecule has 0 aromatic rings. The number of thiocarbonyl (C=S) groups is 1. The fraction of sp³-hybridized carbons (Fsp3) is 0.833. The first-order valence-corrected chi connectivity index (χ1v) is 8.52. The largest absolute Gasteiger partial charge is 0.392 e. The quantitative estimate of drug-likeness (QED) is 0.685. The van der Waals surface area contributed by atoms with Gasteiger partial charge in [0.2, 0.25) is 5.91 Å². The van der Waals surface area contributed by atoms with E-state index in [9.17, 15) is 13.2 Å². The van der Waals surface area contributed by atoms with Crippen molar-refractivity contribution in [1.29, 1.82) is 0 Å². The summed E-state index contributed by atoms with van der Waals surface area (Å²) in [5.41, 5.74) is 4.77. The van der Waals surface area contributed by atoms with Crippen molar-refractivity contribution in [2.24, 2.45) is 11.1 Å². The Bertz CT molecular complexity index is 452. The minimum absolute atomic E-state index is 0.0367. The van der Waals surface area contributed by atoms with Crippen LogP contribution in [-0.4, -0.2) is 36.9 Å². The van der Waals surface area contributed by atoms with Crippen LogP contribution < -0.4 is 11.1 Å². The molecule has 0 aliphatic carbocycles. The van der Waals surface area contributed by atoms with E-state index in [4.69, 9.17) is 18.0 Å². The summed E-state index contributed by atoms with van der Waals surface area (Å²) in [6.45, 7) is 6.86. The Morgan fingerprint density at radius 1 is 1.26 bits per heavy atom. The first-order chi connectivity index (χ1) is 8.44. The summed E-state index contributed by atoms with van der Waals surface area (Å²) in [5.74, 6) is -0.304. The van der Waals surface area contributed by atoms with E-state index in [1.165, 1.54) is 0 Å². The number of rotatable bonds is 7. The highest BCUT2D eigenvalue weighted by molar-refractivity contribution is 7.92. The summed E-state index contributed by atoms with van der Waals surface area (Å²) >= 11 is 4.98. The molecular weight excluding hydrogens is 284 g/mol. The Balaban J connectivity index is 5.03. The third-order valence-corrected chi connectivity index (χ3v) is 6.33. The Morgan fingerprint density at radius 3 is 1.95 bits per heavy atom. The van der Waals surface area contributed by atoms with Gasteiger partial charge >= 0.3 is 0 Å². The molecule has 0 spiro atoms. The zero-order chi connectivity index (χ0) is 15.5. The molecule has 0 rings (SSSR count). The van der Waals surface area contributed by atoms with E-state index in [1.54, 1.807) is 13.8 Å². The molecule has 0 saturated heterocycles. The average Bonchev–Trinajstić information content (AvgIpc) is 2.27. The molecule has 0 heterocycles. The van der Waals surface area contributed by atoms with Gasteiger partial charge in [0, 0.05) is 12.8 Å². The lowest BCUT2D eigenvalue weighted by Crippen LogP contribution is -2.52. The number of nitrogens with two attached hydrogens (primary N) is 1. The predicted molar refractivity (Wildman–Crippen MR) is 81.7 cm³/mol. The molecule has 0 aliphatic rings. The van der Waals surface area contributed by atoms with Crippen LogP contribution in [0.3, 0.4) is 0 Å². The molecule has 7 heteroatoms. The van der Waals surface area contributed by atoms with Gasteiger partial charge in [-0.2, -0.15) is 0 Å². The van der Waals surface area contributed by atoms with Crippen LogP contribution in [0.4, 0.5) is 0 Å². The van der Waals surface area contributed by atoms with E-state index >= 15 is 0 Å². The SMILES string of the molecule is CCC(CC)(C(=O)NCC(C)(C)S(C)(=O)=O)C(N)=S. The summed E-state index contributed by atoms with van der Waals surface area (Å²) in [4.78, 5) is 12.4. The maximum Gasteiger partial charge on any atom is 0.233 e. The highest BCUT2D eigenvalue weighted by Gasteiger charge is 2.39. The lowest BCUT2D eigenvalue weighted by molar-refractivity contribution is -0.127. The van der Waals surface area contributed by atoms with Gasteiger partial charge in [-0.25, -0.2) is 8.42 Å². The van der Waals surface area contributed by atoms with Gasteiger partial charge in [-0.05, 0) is 26.7 Å². The second-order valence-electron chi connectivity index (χ2n) is 5.37. The van der Waals surface area contributed by atoms with Crippen LogP contribution in [0.1, 0.15) is 40.5 Å². The van der Waals surface area contributed by atoms with Crippen molar-refractivity contribution in [3.05, 3.63) is 0 Å². The molecule has 19 heavy (non-hydrogen) atoms. The van der Waals surface area contributed by atoms with Gasteiger partial charge in [-0.1, -0.05) is 26.1 Å². The smallest absolute Gasteiger partial charge is 0.233 e. The summed E-state index contributed by atoms with van der Waals surface area (Å²) < 4.78 is 22.2. The molecule has 0 fully saturated rings. The van der Waals surface area contributed by atoms with Crippen LogP contribution >= 0.6 is 12.2 Å². The Kier molecular flexibility index (Phi) is 5.95. The fourth-order valence-corrected chi connectivity index (χ4v) is 2.34. The van der Waals surface area contributed by atoms with Crippen molar-refractivity contribution < 1.29 is 13.2 Å². The summed E-state index contributed by atoms with van der Waals surface area (Å²) in [7, 11) is -3.26. The van der Waals surface area contributed by atoms with E-state index in [-0.39, 0.29) is 17.4 Å². The first-order valence-electron chi connectivity index (χ1n) is 6.22. The molecule has 0 unspecified atom stereocenters. The molecule has 5 nitrogen and oxygen atoms in total. The number of hydrogen-bond donors (Lipinski definition) is 2. The molecule has 0 radical (unpaired) electrons. The normalized spacial score (nSPS) is 13.1. The van der Waals surface area contributed by atoms with Crippen molar-refractivity contribution in [1.82, 2.24) is 5.32 Å². The summed E-state index contributed by atoms with van der Waals surface area (Å²) in [5, 5.41) is 2.67. The molecule has 0 aliphatic heterocycles. The van der Waals surface area contributed by atoms with Crippen molar-refractivity contribution in [2.45, 2.75) is 45.3 Å². The first kappa shape index (κ1) is 18.3. The predicted octanol–water partition coefficient (Wildman–Crippen LogP) is 1.02. The molecule has 0 saturated carbocycles. The zero-order valence-electron chi connectivity index (χ0n) is 12.2. The van der Waals surface area contributed by atoms with E-state index in [0.29, 0.717) is 12.8 Å². The number of carbonyl (C=O) groups is 1. The third-order valence-electron chi connectivity index (χ3n) is 3.79. The molecular formula is C12H24N2O3S2. The minimum Gasteiger partial charge on any atom is -0.392 e. The van der Waals surface area contributed by atoms with Crippen LogP contribution in [0.5, 0.6) is 0 Å². The number of sulfone groups is 1. The van der Waals surface area contributed by atoms with E-state index in [1.807, 2.05) is 13.8 Å². The van der Waals surface area contributed by atoms with E-state index < -0.39 is 20.0 Å². The van der Waals surface area contributed by atoms with Gasteiger partial charge in [-0.15, -0.1) is 0 Å². The van der Waals surface area contributed by atoms with Gasteiger partial charge < -0.3 is 11.1 Å². The average molecular weight is 308 g/mol. The van der Waals surface area contributed by atoms with Crippen molar-refractivity contribution in [3.63, 3.8) is 0 Å². The molecule has 0 atom stereocenters. The Morgan fingerprint density at radius 2 is 1.68 bits per heavy atom. The number of carbonyl (C=O) groups excluding carboxylic acids is 1. The van der Waals surface area contributed by atoms with E-state index in [2.05, 4.69) is 5.32 Å². The van der Waals surface area contributed by atoms with Gasteiger partial charge in [-0.3, -0.25) is 4.79 Å². The fourth-order valence-electron chi connectivity index (χ4n) is 1.62. The molecule has 0 aromatic carbocycles. The summed E-state index contributed by atoms with van der Waals surface area (Å²) in [6, 6.07) is 0. The monoisotopic (exact) mass is 308 g/mol. The minimum atomic E-state index is -3.26. The van der Waals surface area contributed by atoms with Crippen LogP contribution in [0.15, 0.2) is 0 Å². The van der Waals surface area contributed by atoms with Crippen molar-refractivity contribution in [3.8, 4) is 0 Å². The molecule has 0 aromatic heterocycles. The second kappa shape index (κ2) is 6.17. The number of amides is 1. The number of nitrogens with one attached hydrogen (secondary N) is 1. The topological polar surface area (TPSA) is 89.3 Å². The lowest BCUT2D eigenvalue weighted by atomic mass is 9.81. The van der Waals surface area contributed by atoms with E-state index in [0.717, 1.165) is 6.26 Å². The third kappa shape index (κ3) is 3.89. The van der Waals surface area contributed by atoms with Gasteiger partial charge in [0.25, 0.3) is 0 Å². The van der Waals surface area contributed by atoms with Crippen molar-refractivity contribution in [2.75, 3.05) is 12.8 Å². The highest BCUT2D eigenvalue weighted by Crippen LogP contribution is 2.27. The molecule has 1 amide bonds. The van der Waals surface area contributed by atoms with Gasteiger partial charge in [0.1, 0.15) is 0 Å². The second-order valence-corrected chi connectivity index (χ2v) is 8.46. The zero-order valence-corrected chi connectivity index (χ0v) is 13.9. The maximum atomic E-state index is 12.3. The maximum absolute atomic E-state index is 12.3. The standard InChI is InChI=1S/C12H24N2O3S2/c1-6-12(7-2,9(13)18)10(15)14-8-11(3,4)19(5,16)17/h6-8H2,1-5H3,(H2,13,18)(H,14,15). The Hall–Kier alpha value is -0.690. The molecule has 0 bridgehead atoms. The highest BCUT2D eigenvalue weighted by atomic mass is 32.2. The van der Waals surface area contributed by atoms with Crippen LogP contribution in [-0.2, 0) is 14.6 Å². The summed E-state index contributed by atoms with van der Waals surface area (Å²) in [6.07, 6.45) is 2.13. The van der Waals surface area contributed by atoms with Gasteiger partial charge in [0.15, 0.2) is 9.84 Å². The number of hydrogen-bond acceptors (Lipinski definition) is 4. The molecule has 3 N–H and O–H groups in total. The lowest BCUT2D eigenvalue weighted by Gasteiger charge is -2.31. The van der Waals surface area contributed by atoms with Gasteiger partial charge in [0.05, 0.1) is 15.2 Å². The van der Waals surface area contributed by atoms with Crippen LogP contribution in [0.25, 0.3) is 0 Å². The Labute approximate surface area is 121 Å². The van der Waals surface area contributed by atoms with Crippen LogP contribution in [0.2, 0.25) is 0 Å². The van der Waals surface area contributed by atoms with Crippen molar-refractivity contribution >= 4 is 33.0 Å².